The fraction of sp³-hybridized carbons (Fsp3) is 0.375. The molecule has 0 bridgehead atoms. The highest BCUT2D eigenvalue weighted by Gasteiger charge is 2.14. The lowest BCUT2D eigenvalue weighted by Crippen LogP contribution is -2.23. The van der Waals surface area contributed by atoms with Crippen molar-refractivity contribution < 1.29 is 14.3 Å². The lowest BCUT2D eigenvalue weighted by Gasteiger charge is -2.12. The number of aryl methyl sites for hydroxylation is 1. The van der Waals surface area contributed by atoms with Gasteiger partial charge in [0.1, 0.15) is 0 Å². The molecule has 0 radical (unpaired) electrons. The fourth-order valence-electron chi connectivity index (χ4n) is 2.08. The average Bonchev–Trinajstić information content (AvgIpc) is 2.86. The molecule has 1 aromatic carbocycles. The van der Waals surface area contributed by atoms with E-state index in [9.17, 15) is 4.79 Å². The summed E-state index contributed by atoms with van der Waals surface area (Å²) < 4.78 is 13.4. The molecule has 0 atom stereocenters. The smallest absolute Gasteiger partial charge is 0.273 e. The Balaban J connectivity index is 2.06. The van der Waals surface area contributed by atoms with Gasteiger partial charge in [-0.3, -0.25) is 9.48 Å². The number of carbonyl (C=O) groups excluding carboxylic acids is 1. The Kier molecular flexibility index (Phi) is 6.04. The molecule has 1 heterocycles. The van der Waals surface area contributed by atoms with Crippen LogP contribution in [0.25, 0.3) is 0 Å². The number of ether oxygens (including phenoxy) is 2. The van der Waals surface area contributed by atoms with E-state index in [2.05, 4.69) is 26.3 Å². The molecule has 2 aromatic rings. The molecule has 0 aliphatic carbocycles. The maximum Gasteiger partial charge on any atom is 0.273 e. The van der Waals surface area contributed by atoms with E-state index in [1.807, 2.05) is 32.0 Å². The largest absolute Gasteiger partial charge is 0.490 e. The van der Waals surface area contributed by atoms with Gasteiger partial charge in [-0.05, 0) is 47.5 Å². The predicted octanol–water partition coefficient (Wildman–Crippen LogP) is 2.91. The maximum absolute atomic E-state index is 12.2. The Morgan fingerprint density at radius 2 is 1.96 bits per heavy atom. The molecule has 1 N–H and O–H groups in total. The molecule has 1 aromatic heterocycles. The number of nitrogens with zero attached hydrogens (tertiary/aromatic N) is 2. The van der Waals surface area contributed by atoms with Crippen LogP contribution in [0.15, 0.2) is 28.9 Å². The van der Waals surface area contributed by atoms with E-state index in [-0.39, 0.29) is 5.91 Å². The molecule has 0 spiro atoms. The highest BCUT2D eigenvalue weighted by Crippen LogP contribution is 2.28. The third-order valence-corrected chi connectivity index (χ3v) is 3.64. The summed E-state index contributed by atoms with van der Waals surface area (Å²) in [6.07, 6.45) is 1.74. The minimum Gasteiger partial charge on any atom is -0.490 e. The summed E-state index contributed by atoms with van der Waals surface area (Å²) in [6, 6.07) is 5.64. The van der Waals surface area contributed by atoms with Crippen LogP contribution in [0, 0.1) is 0 Å². The van der Waals surface area contributed by atoms with Crippen molar-refractivity contribution in [1.82, 2.24) is 15.1 Å². The summed E-state index contributed by atoms with van der Waals surface area (Å²) in [6.45, 7) is 5.35. The van der Waals surface area contributed by atoms with E-state index in [1.165, 1.54) is 0 Å². The second-order valence-corrected chi connectivity index (χ2v) is 5.68. The number of aromatic nitrogens is 2. The molecule has 0 fully saturated rings. The Morgan fingerprint density at radius 3 is 2.57 bits per heavy atom. The molecule has 2 rings (SSSR count). The van der Waals surface area contributed by atoms with Crippen LogP contribution in [-0.2, 0) is 13.6 Å². The quantitative estimate of drug-likeness (QED) is 0.800. The Labute approximate surface area is 143 Å². The summed E-state index contributed by atoms with van der Waals surface area (Å²) in [5.41, 5.74) is 1.29. The monoisotopic (exact) mass is 381 g/mol. The number of amides is 1. The molecule has 1 amide bonds. The maximum atomic E-state index is 12.2. The minimum absolute atomic E-state index is 0.232. The van der Waals surface area contributed by atoms with Gasteiger partial charge in [0.2, 0.25) is 0 Å². The number of nitrogens with one attached hydrogen (secondary N) is 1. The molecule has 6 nitrogen and oxygen atoms in total. The van der Waals surface area contributed by atoms with Crippen LogP contribution in [0.2, 0.25) is 0 Å². The van der Waals surface area contributed by atoms with E-state index < -0.39 is 0 Å². The van der Waals surface area contributed by atoms with Crippen LogP contribution in [0.1, 0.15) is 29.9 Å². The highest BCUT2D eigenvalue weighted by molar-refractivity contribution is 9.10. The lowest BCUT2D eigenvalue weighted by molar-refractivity contribution is 0.0944. The van der Waals surface area contributed by atoms with E-state index in [0.717, 1.165) is 5.56 Å². The number of carbonyl (C=O) groups is 1. The van der Waals surface area contributed by atoms with Gasteiger partial charge in [0.15, 0.2) is 17.2 Å². The van der Waals surface area contributed by atoms with Crippen LogP contribution < -0.4 is 14.8 Å². The molecule has 7 heteroatoms. The Hall–Kier alpha value is -2.02. The highest BCUT2D eigenvalue weighted by atomic mass is 79.9. The number of hydrogen-bond donors (Lipinski definition) is 1. The van der Waals surface area contributed by atoms with Gasteiger partial charge >= 0.3 is 0 Å². The topological polar surface area (TPSA) is 65.4 Å². The van der Waals surface area contributed by atoms with Crippen LogP contribution in [-0.4, -0.2) is 28.9 Å². The first kappa shape index (κ1) is 17.3. The summed E-state index contributed by atoms with van der Waals surface area (Å²) in [5.74, 6) is 1.15. The Morgan fingerprint density at radius 1 is 1.26 bits per heavy atom. The molecule has 0 aliphatic heterocycles. The number of halogens is 1. The summed E-state index contributed by atoms with van der Waals surface area (Å²) >= 11 is 3.32. The van der Waals surface area contributed by atoms with Gasteiger partial charge in [0.05, 0.1) is 17.7 Å². The molecule has 23 heavy (non-hydrogen) atoms. The summed E-state index contributed by atoms with van der Waals surface area (Å²) in [7, 11) is 1.77. The summed E-state index contributed by atoms with van der Waals surface area (Å²) in [5, 5.41) is 6.97. The van der Waals surface area contributed by atoms with E-state index in [0.29, 0.717) is 41.4 Å². The molecule has 0 saturated heterocycles. The molecule has 0 unspecified atom stereocenters. The third kappa shape index (κ3) is 4.48. The molecule has 0 aliphatic rings. The first-order valence-electron chi connectivity index (χ1n) is 7.41. The van der Waals surface area contributed by atoms with Gasteiger partial charge in [-0.25, -0.2) is 0 Å². The molecular weight excluding hydrogens is 362 g/mol. The van der Waals surface area contributed by atoms with Crippen molar-refractivity contribution in [3.05, 3.63) is 40.1 Å². The van der Waals surface area contributed by atoms with Crippen molar-refractivity contribution in [3.8, 4) is 11.5 Å². The molecule has 0 saturated carbocycles. The van der Waals surface area contributed by atoms with Gasteiger partial charge < -0.3 is 14.8 Å². The van der Waals surface area contributed by atoms with Crippen molar-refractivity contribution in [1.29, 1.82) is 0 Å². The fourth-order valence-corrected chi connectivity index (χ4v) is 2.64. The standard InChI is InChI=1S/C16H20BrN3O3/c1-4-22-13-7-6-11(8-14(13)23-5-2)9-18-16(21)15-12(17)10-20(3)19-15/h6-8,10H,4-5,9H2,1-3H3,(H,18,21). The number of hydrogen-bond acceptors (Lipinski definition) is 4. The Bertz CT molecular complexity index is 685. The lowest BCUT2D eigenvalue weighted by atomic mass is 10.2. The minimum atomic E-state index is -0.232. The van der Waals surface area contributed by atoms with Crippen molar-refractivity contribution in [3.63, 3.8) is 0 Å². The van der Waals surface area contributed by atoms with Crippen LogP contribution in [0.3, 0.4) is 0 Å². The van der Waals surface area contributed by atoms with Crippen molar-refractivity contribution >= 4 is 21.8 Å². The van der Waals surface area contributed by atoms with Crippen molar-refractivity contribution in [2.24, 2.45) is 7.05 Å². The second-order valence-electron chi connectivity index (χ2n) is 4.83. The zero-order valence-electron chi connectivity index (χ0n) is 13.4. The zero-order valence-corrected chi connectivity index (χ0v) is 15.0. The van der Waals surface area contributed by atoms with Gasteiger partial charge in [0.25, 0.3) is 5.91 Å². The average molecular weight is 382 g/mol. The van der Waals surface area contributed by atoms with E-state index in [1.54, 1.807) is 17.9 Å². The number of rotatable bonds is 7. The van der Waals surface area contributed by atoms with Crippen molar-refractivity contribution in [2.45, 2.75) is 20.4 Å². The van der Waals surface area contributed by atoms with Crippen molar-refractivity contribution in [2.75, 3.05) is 13.2 Å². The second kappa shape index (κ2) is 8.01. The van der Waals surface area contributed by atoms with E-state index >= 15 is 0 Å². The van der Waals surface area contributed by atoms with Gasteiger partial charge in [-0.1, -0.05) is 6.07 Å². The number of benzene rings is 1. The first-order valence-corrected chi connectivity index (χ1v) is 8.20. The van der Waals surface area contributed by atoms with Gasteiger partial charge in [0, 0.05) is 19.8 Å². The summed E-state index contributed by atoms with van der Waals surface area (Å²) in [4.78, 5) is 12.2. The van der Waals surface area contributed by atoms with Crippen LogP contribution in [0.5, 0.6) is 11.5 Å². The normalized spacial score (nSPS) is 10.4. The third-order valence-electron chi connectivity index (χ3n) is 3.06. The predicted molar refractivity (Wildman–Crippen MR) is 90.9 cm³/mol. The zero-order chi connectivity index (χ0) is 16.8. The van der Waals surface area contributed by atoms with E-state index in [4.69, 9.17) is 9.47 Å². The first-order chi connectivity index (χ1) is 11.0. The van der Waals surface area contributed by atoms with Crippen LogP contribution in [0.4, 0.5) is 0 Å². The molecular formula is C16H20BrN3O3. The van der Waals surface area contributed by atoms with Crippen LogP contribution >= 0.6 is 15.9 Å². The molecule has 124 valence electrons. The van der Waals surface area contributed by atoms with Gasteiger partial charge in [-0.2, -0.15) is 5.10 Å². The van der Waals surface area contributed by atoms with Gasteiger partial charge in [-0.15, -0.1) is 0 Å². The SMILES string of the molecule is CCOc1ccc(CNC(=O)c2nn(C)cc2Br)cc1OCC.